The summed E-state index contributed by atoms with van der Waals surface area (Å²) in [5.41, 5.74) is -0.293. The van der Waals surface area contributed by atoms with Gasteiger partial charge in [0, 0.05) is 0 Å². The maximum absolute atomic E-state index is 11.8. The third-order valence-electron chi connectivity index (χ3n) is 2.55. The van der Waals surface area contributed by atoms with Crippen molar-refractivity contribution in [3.05, 3.63) is 29.3 Å². The Hall–Kier alpha value is -0.930. The van der Waals surface area contributed by atoms with E-state index in [0.717, 1.165) is 12.1 Å². The second-order valence-corrected chi connectivity index (χ2v) is 5.91. The van der Waals surface area contributed by atoms with Crippen molar-refractivity contribution < 1.29 is 63.0 Å². The average Bonchev–Trinajstić information content (AvgIpc) is 2.48. The van der Waals surface area contributed by atoms with Crippen molar-refractivity contribution in [2.75, 3.05) is 13.2 Å². The van der Waals surface area contributed by atoms with Crippen molar-refractivity contribution in [1.29, 1.82) is 0 Å². The molecule has 23 heavy (non-hydrogen) atoms. The Bertz CT molecular complexity index is 623. The van der Waals surface area contributed by atoms with Crippen LogP contribution in [0.3, 0.4) is 0 Å². The molecule has 1 N–H and O–H groups in total. The maximum Gasteiger partial charge on any atom is 1.00 e. The van der Waals surface area contributed by atoms with E-state index in [2.05, 4.69) is 0 Å². The molecular formula is C14H19NaO7S. The summed E-state index contributed by atoms with van der Waals surface area (Å²) in [6, 6.07) is 3.07. The van der Waals surface area contributed by atoms with Gasteiger partial charge in [0.15, 0.2) is 0 Å². The minimum atomic E-state index is -4.57. The van der Waals surface area contributed by atoms with Gasteiger partial charge in [0.05, 0.1) is 29.2 Å². The van der Waals surface area contributed by atoms with Gasteiger partial charge in [-0.3, -0.25) is 4.55 Å². The first kappa shape index (κ1) is 22.1. The number of benzene rings is 1. The quantitative estimate of drug-likeness (QED) is 0.387. The predicted molar refractivity (Wildman–Crippen MR) is 78.5 cm³/mol. The van der Waals surface area contributed by atoms with Gasteiger partial charge in [-0.05, 0) is 31.0 Å². The number of ether oxygens (including phenoxy) is 2. The topological polar surface area (TPSA) is 107 Å². The molecule has 0 atom stereocenters. The monoisotopic (exact) mass is 354 g/mol. The van der Waals surface area contributed by atoms with E-state index in [1.807, 2.05) is 0 Å². The Balaban J connectivity index is 0. The summed E-state index contributed by atoms with van der Waals surface area (Å²) in [4.78, 5) is 23.1. The van der Waals surface area contributed by atoms with Crippen molar-refractivity contribution in [2.45, 2.75) is 31.6 Å². The van der Waals surface area contributed by atoms with Crippen LogP contribution < -0.4 is 29.6 Å². The summed E-state index contributed by atoms with van der Waals surface area (Å²) >= 11 is 0. The van der Waals surface area contributed by atoms with Gasteiger partial charge in [0.25, 0.3) is 10.1 Å². The zero-order valence-electron chi connectivity index (χ0n) is 14.4. The van der Waals surface area contributed by atoms with Crippen LogP contribution in [0.15, 0.2) is 23.1 Å². The van der Waals surface area contributed by atoms with E-state index in [1.54, 1.807) is 13.8 Å². The van der Waals surface area contributed by atoms with Gasteiger partial charge in [0.2, 0.25) is 0 Å². The standard InChI is InChI=1S/C14H18O7S.Na.H/c1-3-5-20-13(15)10-7-11(14(16)21-6-4-2)9-12(8-10)22(17,18)19;;/h7-9H,3-6H2,1-2H3,(H,17,18,19);;/q;+1;-1. The predicted octanol–water partition coefficient (Wildman–Crippen LogP) is -0.817. The third kappa shape index (κ3) is 7.01. The molecule has 1 aromatic carbocycles. The molecule has 0 amide bonds. The molecule has 0 heterocycles. The molecule has 0 aliphatic rings. The van der Waals surface area contributed by atoms with Crippen LogP contribution in [0.5, 0.6) is 0 Å². The van der Waals surface area contributed by atoms with Gasteiger partial charge >= 0.3 is 41.5 Å². The normalized spacial score (nSPS) is 10.6. The van der Waals surface area contributed by atoms with Gasteiger partial charge in [-0.1, -0.05) is 13.8 Å². The summed E-state index contributed by atoms with van der Waals surface area (Å²) in [6.07, 6.45) is 1.18. The number of carbonyl (C=O) groups excluding carboxylic acids is 2. The Morgan fingerprint density at radius 3 is 1.70 bits per heavy atom. The Morgan fingerprint density at radius 1 is 1.00 bits per heavy atom. The molecule has 0 radical (unpaired) electrons. The Kier molecular flexibility index (Phi) is 9.64. The molecule has 0 bridgehead atoms. The molecule has 1 aromatic rings. The number of rotatable bonds is 7. The van der Waals surface area contributed by atoms with Crippen molar-refractivity contribution >= 4 is 22.1 Å². The average molecular weight is 354 g/mol. The SMILES string of the molecule is CCCOC(=O)c1cc(C(=O)OCCC)cc(S(=O)(=O)O)c1.[H-].[Na+]. The molecule has 0 fully saturated rings. The third-order valence-corrected chi connectivity index (χ3v) is 3.38. The molecule has 0 aromatic heterocycles. The molecule has 0 saturated heterocycles. The zero-order chi connectivity index (χ0) is 16.8. The fraction of sp³-hybridized carbons (Fsp3) is 0.429. The van der Waals surface area contributed by atoms with Crippen LogP contribution in [0.4, 0.5) is 0 Å². The van der Waals surface area contributed by atoms with Gasteiger partial charge in [-0.15, -0.1) is 0 Å². The maximum atomic E-state index is 11.8. The first-order chi connectivity index (χ1) is 10.3. The summed E-state index contributed by atoms with van der Waals surface area (Å²) in [5.74, 6) is -1.56. The zero-order valence-corrected chi connectivity index (χ0v) is 16.2. The number of esters is 2. The summed E-state index contributed by atoms with van der Waals surface area (Å²) < 4.78 is 41.4. The van der Waals surface area contributed by atoms with E-state index in [-0.39, 0.29) is 55.3 Å². The molecule has 9 heteroatoms. The van der Waals surface area contributed by atoms with Crippen LogP contribution in [0.1, 0.15) is 48.8 Å². The first-order valence-corrected chi connectivity index (χ1v) is 8.20. The number of carbonyl (C=O) groups is 2. The van der Waals surface area contributed by atoms with E-state index in [1.165, 1.54) is 6.07 Å². The molecule has 0 spiro atoms. The van der Waals surface area contributed by atoms with Crippen molar-refractivity contribution in [1.82, 2.24) is 0 Å². The molecule has 0 aliphatic carbocycles. The van der Waals surface area contributed by atoms with Crippen LogP contribution in [0.25, 0.3) is 0 Å². The van der Waals surface area contributed by atoms with Gasteiger partial charge in [-0.2, -0.15) is 8.42 Å². The second kappa shape index (κ2) is 10.0. The van der Waals surface area contributed by atoms with Gasteiger partial charge < -0.3 is 10.9 Å². The van der Waals surface area contributed by atoms with Gasteiger partial charge in [-0.25, -0.2) is 9.59 Å². The molecule has 124 valence electrons. The summed E-state index contributed by atoms with van der Waals surface area (Å²) in [6.45, 7) is 3.92. The van der Waals surface area contributed by atoms with E-state index >= 15 is 0 Å². The van der Waals surface area contributed by atoms with Crippen LogP contribution >= 0.6 is 0 Å². The molecule has 0 saturated carbocycles. The Labute approximate surface area is 158 Å². The summed E-state index contributed by atoms with van der Waals surface area (Å²) in [7, 11) is -4.57. The van der Waals surface area contributed by atoms with E-state index in [4.69, 9.17) is 14.0 Å². The van der Waals surface area contributed by atoms with Crippen molar-refractivity contribution in [2.24, 2.45) is 0 Å². The number of hydrogen-bond acceptors (Lipinski definition) is 6. The summed E-state index contributed by atoms with van der Waals surface area (Å²) in [5, 5.41) is 0. The van der Waals surface area contributed by atoms with Crippen LogP contribution in [-0.4, -0.2) is 38.1 Å². The van der Waals surface area contributed by atoms with Crippen LogP contribution in [0.2, 0.25) is 0 Å². The van der Waals surface area contributed by atoms with Crippen LogP contribution in [0, 0.1) is 0 Å². The minimum absolute atomic E-state index is 0. The molecule has 0 aliphatic heterocycles. The van der Waals surface area contributed by atoms with Crippen molar-refractivity contribution in [3.63, 3.8) is 0 Å². The van der Waals surface area contributed by atoms with E-state index in [0.29, 0.717) is 12.8 Å². The first-order valence-electron chi connectivity index (χ1n) is 6.76. The fourth-order valence-corrected chi connectivity index (χ4v) is 2.09. The largest absolute Gasteiger partial charge is 1.00 e. The molecule has 1 rings (SSSR count). The second-order valence-electron chi connectivity index (χ2n) is 4.49. The minimum Gasteiger partial charge on any atom is -1.00 e. The molecule has 0 unspecified atom stereocenters. The number of hydrogen-bond donors (Lipinski definition) is 1. The van der Waals surface area contributed by atoms with E-state index < -0.39 is 27.0 Å². The van der Waals surface area contributed by atoms with Crippen LogP contribution in [-0.2, 0) is 19.6 Å². The van der Waals surface area contributed by atoms with Gasteiger partial charge in [0.1, 0.15) is 0 Å². The van der Waals surface area contributed by atoms with E-state index in [9.17, 15) is 18.0 Å². The molecule has 7 nitrogen and oxygen atoms in total. The fourth-order valence-electron chi connectivity index (χ4n) is 1.54. The van der Waals surface area contributed by atoms with Crippen molar-refractivity contribution in [3.8, 4) is 0 Å². The molecular weight excluding hydrogens is 335 g/mol. The smallest absolute Gasteiger partial charge is 1.00 e. The Morgan fingerprint density at radius 2 is 1.39 bits per heavy atom.